The van der Waals surface area contributed by atoms with Crippen molar-refractivity contribution in [1.82, 2.24) is 4.98 Å². The van der Waals surface area contributed by atoms with E-state index in [-0.39, 0.29) is 6.42 Å². The van der Waals surface area contributed by atoms with E-state index < -0.39 is 5.97 Å². The molecule has 5 heteroatoms. The Hall–Kier alpha value is -2.56. The number of aliphatic carboxylic acids is 1. The molecule has 0 unspecified atom stereocenters. The van der Waals surface area contributed by atoms with Gasteiger partial charge in [-0.2, -0.15) is 0 Å². The Morgan fingerprint density at radius 2 is 2.12 bits per heavy atom. The molecule has 1 aromatic carbocycles. The molecule has 0 amide bonds. The van der Waals surface area contributed by atoms with Crippen molar-refractivity contribution in [3.63, 3.8) is 0 Å². The molecule has 25 heavy (non-hydrogen) atoms. The minimum absolute atomic E-state index is 0.0129. The average Bonchev–Trinajstić information content (AvgIpc) is 2.60. The van der Waals surface area contributed by atoms with E-state index in [0.29, 0.717) is 12.4 Å². The fourth-order valence-electron chi connectivity index (χ4n) is 2.56. The van der Waals surface area contributed by atoms with Gasteiger partial charge in [-0.1, -0.05) is 31.5 Å². The summed E-state index contributed by atoms with van der Waals surface area (Å²) in [5, 5.41) is 12.2. The number of benzene rings is 1. The lowest BCUT2D eigenvalue weighted by atomic mass is 10.1. The number of anilines is 1. The predicted molar refractivity (Wildman–Crippen MR) is 99.2 cm³/mol. The Labute approximate surface area is 149 Å². The third-order valence-corrected chi connectivity index (χ3v) is 3.83. The third-order valence-electron chi connectivity index (χ3n) is 3.83. The van der Waals surface area contributed by atoms with E-state index in [1.54, 1.807) is 12.1 Å². The molecule has 2 N–H and O–H groups in total. The maximum atomic E-state index is 10.8. The number of rotatable bonds is 11. The number of carbonyl (C=O) groups is 1. The van der Waals surface area contributed by atoms with Crippen LogP contribution in [0.2, 0.25) is 0 Å². The lowest BCUT2D eigenvalue weighted by Gasteiger charge is -2.11. The first-order valence-electron chi connectivity index (χ1n) is 8.80. The number of aryl methyl sites for hydroxylation is 1. The molecule has 0 aliphatic heterocycles. The highest BCUT2D eigenvalue weighted by Crippen LogP contribution is 2.16. The van der Waals surface area contributed by atoms with Gasteiger partial charge in [-0.3, -0.25) is 4.79 Å². The fraction of sp³-hybridized carbons (Fsp3) is 0.400. The molecule has 0 saturated heterocycles. The molecular weight excluding hydrogens is 316 g/mol. The van der Waals surface area contributed by atoms with Crippen molar-refractivity contribution in [2.75, 3.05) is 18.5 Å². The molecule has 1 aromatic heterocycles. The van der Waals surface area contributed by atoms with Gasteiger partial charge in [-0.25, -0.2) is 4.98 Å². The lowest BCUT2D eigenvalue weighted by molar-refractivity contribution is -0.136. The van der Waals surface area contributed by atoms with Crippen molar-refractivity contribution < 1.29 is 14.6 Å². The van der Waals surface area contributed by atoms with Gasteiger partial charge in [-0.15, -0.1) is 0 Å². The SMILES string of the molecule is CCCCc1cccnc1NCCCOc1cccc(CC(=O)O)c1. The molecule has 0 atom stereocenters. The molecular formula is C20H26N2O3. The fourth-order valence-corrected chi connectivity index (χ4v) is 2.56. The molecule has 0 radical (unpaired) electrons. The Balaban J connectivity index is 1.74. The van der Waals surface area contributed by atoms with Crippen molar-refractivity contribution in [2.45, 2.75) is 39.0 Å². The number of carboxylic acid groups (broad SMARTS) is 1. The number of pyridine rings is 1. The smallest absolute Gasteiger partial charge is 0.307 e. The molecule has 0 fully saturated rings. The summed E-state index contributed by atoms with van der Waals surface area (Å²) in [7, 11) is 0. The van der Waals surface area contributed by atoms with E-state index in [1.807, 2.05) is 24.4 Å². The van der Waals surface area contributed by atoms with Crippen LogP contribution in [0.15, 0.2) is 42.6 Å². The van der Waals surface area contributed by atoms with E-state index in [4.69, 9.17) is 9.84 Å². The summed E-state index contributed by atoms with van der Waals surface area (Å²) in [6, 6.07) is 11.3. The van der Waals surface area contributed by atoms with Gasteiger partial charge in [0, 0.05) is 12.7 Å². The Morgan fingerprint density at radius 1 is 1.24 bits per heavy atom. The summed E-state index contributed by atoms with van der Waals surface area (Å²) in [5.74, 6) is 0.829. The highest BCUT2D eigenvalue weighted by molar-refractivity contribution is 5.70. The van der Waals surface area contributed by atoms with Gasteiger partial charge in [0.1, 0.15) is 11.6 Å². The topological polar surface area (TPSA) is 71.5 Å². The number of unbranched alkanes of at least 4 members (excludes halogenated alkanes) is 1. The Morgan fingerprint density at radius 3 is 2.92 bits per heavy atom. The number of hydrogen-bond acceptors (Lipinski definition) is 4. The molecule has 0 saturated carbocycles. The second-order valence-corrected chi connectivity index (χ2v) is 5.96. The number of carboxylic acids is 1. The van der Waals surface area contributed by atoms with Gasteiger partial charge in [0.2, 0.25) is 0 Å². The summed E-state index contributed by atoms with van der Waals surface area (Å²) in [6.07, 6.45) is 6.03. The van der Waals surface area contributed by atoms with Crippen LogP contribution in [0.25, 0.3) is 0 Å². The Bertz CT molecular complexity index is 673. The standard InChI is InChI=1S/C20H26N2O3/c1-2-3-8-17-9-5-11-21-20(17)22-12-6-13-25-18-10-4-7-16(14-18)15-19(23)24/h4-5,7,9-11,14H,2-3,6,8,12-13,15H2,1H3,(H,21,22)(H,23,24). The van der Waals surface area contributed by atoms with Gasteiger partial charge in [-0.05, 0) is 48.6 Å². The first kappa shape index (κ1) is 18.8. The van der Waals surface area contributed by atoms with Crippen molar-refractivity contribution >= 4 is 11.8 Å². The van der Waals surface area contributed by atoms with Crippen LogP contribution in [0.4, 0.5) is 5.82 Å². The molecule has 1 heterocycles. The highest BCUT2D eigenvalue weighted by atomic mass is 16.5. The summed E-state index contributed by atoms with van der Waals surface area (Å²) in [5.41, 5.74) is 2.00. The number of nitrogens with zero attached hydrogens (tertiary/aromatic N) is 1. The summed E-state index contributed by atoms with van der Waals surface area (Å²) in [4.78, 5) is 15.2. The van der Waals surface area contributed by atoms with Crippen LogP contribution in [0.5, 0.6) is 5.75 Å². The van der Waals surface area contributed by atoms with Gasteiger partial charge >= 0.3 is 5.97 Å². The van der Waals surface area contributed by atoms with Crippen molar-refractivity contribution in [2.24, 2.45) is 0 Å². The van der Waals surface area contributed by atoms with Crippen molar-refractivity contribution in [3.8, 4) is 5.75 Å². The van der Waals surface area contributed by atoms with E-state index in [1.165, 1.54) is 12.0 Å². The lowest BCUT2D eigenvalue weighted by Crippen LogP contribution is -2.10. The van der Waals surface area contributed by atoms with Gasteiger partial charge in [0.05, 0.1) is 13.0 Å². The first-order chi connectivity index (χ1) is 12.2. The van der Waals surface area contributed by atoms with Crippen LogP contribution in [0, 0.1) is 0 Å². The first-order valence-corrected chi connectivity index (χ1v) is 8.80. The van der Waals surface area contributed by atoms with Gasteiger partial charge in [0.15, 0.2) is 0 Å². The molecule has 134 valence electrons. The van der Waals surface area contributed by atoms with Crippen LogP contribution in [-0.2, 0) is 17.6 Å². The molecule has 2 aromatic rings. The minimum Gasteiger partial charge on any atom is -0.494 e. The zero-order chi connectivity index (χ0) is 17.9. The molecule has 5 nitrogen and oxygen atoms in total. The van der Waals surface area contributed by atoms with Crippen LogP contribution < -0.4 is 10.1 Å². The summed E-state index contributed by atoms with van der Waals surface area (Å²) in [6.45, 7) is 3.54. The number of nitrogens with one attached hydrogen (secondary N) is 1. The number of aromatic nitrogens is 1. The largest absolute Gasteiger partial charge is 0.494 e. The van der Waals surface area contributed by atoms with Crippen LogP contribution in [0.1, 0.15) is 37.3 Å². The zero-order valence-electron chi connectivity index (χ0n) is 14.7. The van der Waals surface area contributed by atoms with Gasteiger partial charge < -0.3 is 15.2 Å². The quantitative estimate of drug-likeness (QED) is 0.605. The number of ether oxygens (including phenoxy) is 1. The predicted octanol–water partition coefficient (Wildman–Crippen LogP) is 3.93. The second-order valence-electron chi connectivity index (χ2n) is 5.96. The van der Waals surface area contributed by atoms with Crippen LogP contribution >= 0.6 is 0 Å². The van der Waals surface area contributed by atoms with Crippen LogP contribution in [0.3, 0.4) is 0 Å². The van der Waals surface area contributed by atoms with Crippen molar-refractivity contribution in [1.29, 1.82) is 0 Å². The molecule has 2 rings (SSSR count). The molecule has 0 spiro atoms. The van der Waals surface area contributed by atoms with E-state index >= 15 is 0 Å². The van der Waals surface area contributed by atoms with Crippen LogP contribution in [-0.4, -0.2) is 29.2 Å². The third kappa shape index (κ3) is 6.83. The number of hydrogen-bond donors (Lipinski definition) is 2. The second kappa shape index (κ2) is 10.3. The maximum Gasteiger partial charge on any atom is 0.307 e. The zero-order valence-corrected chi connectivity index (χ0v) is 14.7. The Kier molecular flexibility index (Phi) is 7.76. The molecule has 0 aliphatic carbocycles. The average molecular weight is 342 g/mol. The normalized spacial score (nSPS) is 10.4. The summed E-state index contributed by atoms with van der Waals surface area (Å²) >= 11 is 0. The minimum atomic E-state index is -0.837. The maximum absolute atomic E-state index is 10.8. The van der Waals surface area contributed by atoms with Crippen molar-refractivity contribution in [3.05, 3.63) is 53.7 Å². The highest BCUT2D eigenvalue weighted by Gasteiger charge is 2.04. The molecule has 0 bridgehead atoms. The van der Waals surface area contributed by atoms with E-state index in [0.717, 1.165) is 37.2 Å². The molecule has 0 aliphatic rings. The van der Waals surface area contributed by atoms with E-state index in [2.05, 4.69) is 23.3 Å². The van der Waals surface area contributed by atoms with Gasteiger partial charge in [0.25, 0.3) is 0 Å². The summed E-state index contributed by atoms with van der Waals surface area (Å²) < 4.78 is 5.71. The monoisotopic (exact) mass is 342 g/mol. The van der Waals surface area contributed by atoms with E-state index in [9.17, 15) is 4.79 Å².